The van der Waals surface area contributed by atoms with Crippen molar-refractivity contribution in [3.8, 4) is 5.75 Å². The van der Waals surface area contributed by atoms with Gasteiger partial charge in [0.1, 0.15) is 35.0 Å². The number of aromatic amines is 2. The number of alkyl halides is 3. The van der Waals surface area contributed by atoms with Crippen LogP contribution in [0.1, 0.15) is 66.6 Å². The van der Waals surface area contributed by atoms with Crippen LogP contribution in [0.5, 0.6) is 5.75 Å². The zero-order chi connectivity index (χ0) is 39.7. The fourth-order valence-corrected chi connectivity index (χ4v) is 8.23. The number of benzene rings is 3. The number of H-pyrrole nitrogens is 2. The average Bonchev–Trinajstić information content (AvgIpc) is 3.84. The minimum absolute atomic E-state index is 0.206. The Bertz CT molecular complexity index is 2580. The van der Waals surface area contributed by atoms with Gasteiger partial charge in [0.15, 0.2) is 0 Å². The van der Waals surface area contributed by atoms with E-state index in [1.807, 2.05) is 61.5 Å². The number of halogens is 4. The first-order chi connectivity index (χ1) is 27.5. The number of hydrogen-bond acceptors (Lipinski definition) is 9. The van der Waals surface area contributed by atoms with Crippen LogP contribution in [0.3, 0.4) is 0 Å². The molecule has 0 bridgehead atoms. The maximum absolute atomic E-state index is 14.6. The summed E-state index contributed by atoms with van der Waals surface area (Å²) in [6.45, 7) is 2.85. The van der Waals surface area contributed by atoms with Crippen LogP contribution < -0.4 is 15.6 Å². The zero-order valence-corrected chi connectivity index (χ0v) is 31.8. The van der Waals surface area contributed by atoms with E-state index in [1.165, 1.54) is 24.5 Å². The summed E-state index contributed by atoms with van der Waals surface area (Å²) in [5, 5.41) is 15.4. The number of ether oxygens (including phenoxy) is 2. The summed E-state index contributed by atoms with van der Waals surface area (Å²) in [5.74, 6) is 0.856. The summed E-state index contributed by atoms with van der Waals surface area (Å²) in [6.07, 6.45) is -0.737. The number of hydrogen-bond donors (Lipinski definition) is 3. The SMILES string of the molecule is Cn1ncnc1[C@H]1c2n[nH]c(=O)c3cc(F)cc(c23)N[C@@H]1c1ccc(OCCCCCOC(C)(CSc2ccccc2)c2cc3nc(C(F)(F)F)ccc3[nH]2)cc1. The topological polar surface area (TPSA) is 136 Å². The van der Waals surface area contributed by atoms with Crippen LogP contribution in [0.2, 0.25) is 0 Å². The minimum atomic E-state index is -4.54. The number of rotatable bonds is 14. The van der Waals surface area contributed by atoms with Crippen molar-refractivity contribution in [1.29, 1.82) is 0 Å². The third kappa shape index (κ3) is 7.96. The lowest BCUT2D eigenvalue weighted by atomic mass is 9.83. The molecule has 0 saturated heterocycles. The van der Waals surface area contributed by atoms with Crippen LogP contribution in [0, 0.1) is 5.82 Å². The number of nitrogens with zero attached hydrogens (tertiary/aromatic N) is 5. The molecule has 3 N–H and O–H groups in total. The minimum Gasteiger partial charge on any atom is -0.494 e. The first kappa shape index (κ1) is 38.1. The van der Waals surface area contributed by atoms with Crippen molar-refractivity contribution in [2.45, 2.75) is 54.8 Å². The molecule has 0 spiro atoms. The molecule has 5 heterocycles. The van der Waals surface area contributed by atoms with E-state index < -0.39 is 40.8 Å². The van der Waals surface area contributed by atoms with E-state index in [1.54, 1.807) is 29.6 Å². The molecule has 1 aliphatic heterocycles. The van der Waals surface area contributed by atoms with Gasteiger partial charge in [-0.3, -0.25) is 9.48 Å². The highest BCUT2D eigenvalue weighted by molar-refractivity contribution is 7.99. The Morgan fingerprint density at radius 2 is 1.74 bits per heavy atom. The molecule has 3 aromatic carbocycles. The van der Waals surface area contributed by atoms with Gasteiger partial charge in [0.05, 0.1) is 46.4 Å². The van der Waals surface area contributed by atoms with Gasteiger partial charge in [-0.15, -0.1) is 11.8 Å². The van der Waals surface area contributed by atoms with Crippen molar-refractivity contribution in [2.75, 3.05) is 24.3 Å². The highest BCUT2D eigenvalue weighted by Gasteiger charge is 2.38. The van der Waals surface area contributed by atoms with Gasteiger partial charge in [0.2, 0.25) is 0 Å². The molecule has 11 nitrogen and oxygen atoms in total. The van der Waals surface area contributed by atoms with Crippen molar-refractivity contribution in [2.24, 2.45) is 7.05 Å². The number of fused-ring (bicyclic) bond motifs is 1. The molecule has 294 valence electrons. The van der Waals surface area contributed by atoms with Crippen LogP contribution in [0.15, 0.2) is 101 Å². The molecule has 8 rings (SSSR count). The van der Waals surface area contributed by atoms with Crippen molar-refractivity contribution in [1.82, 2.24) is 34.9 Å². The van der Waals surface area contributed by atoms with E-state index >= 15 is 0 Å². The molecule has 0 amide bonds. The predicted molar refractivity (Wildman–Crippen MR) is 209 cm³/mol. The summed E-state index contributed by atoms with van der Waals surface area (Å²) in [6, 6.07) is 23.7. The fraction of sp³-hybridized carbons (Fsp3) is 0.293. The molecule has 1 unspecified atom stereocenters. The summed E-state index contributed by atoms with van der Waals surface area (Å²) in [7, 11) is 1.79. The highest BCUT2D eigenvalue weighted by Crippen LogP contribution is 2.46. The molecule has 1 aliphatic rings. The summed E-state index contributed by atoms with van der Waals surface area (Å²) >= 11 is 1.61. The Hall–Kier alpha value is -5.74. The van der Waals surface area contributed by atoms with E-state index in [4.69, 9.17) is 9.47 Å². The van der Waals surface area contributed by atoms with Gasteiger partial charge in [-0.05, 0) is 86.3 Å². The summed E-state index contributed by atoms with van der Waals surface area (Å²) in [4.78, 5) is 25.3. The second kappa shape index (κ2) is 15.7. The van der Waals surface area contributed by atoms with Crippen molar-refractivity contribution >= 4 is 39.3 Å². The van der Waals surface area contributed by atoms with Crippen LogP contribution in [-0.4, -0.2) is 53.9 Å². The van der Waals surface area contributed by atoms with E-state index in [-0.39, 0.29) is 10.9 Å². The standard InChI is InChI=1S/C41H38F4N8O3S/c1-40(22-57-27-9-5-3-6-10-27,33-21-30-29(48-33)15-16-32(49-30)41(43,44)45)56-18-8-4-7-17-55-26-13-11-24(12-14-26)36-35(38-46-23-47-53(38)2)37-34-28(39(54)52-51-37)19-25(42)20-31(34)50-36/h3,5-6,9-16,19-21,23,35-36,48,50H,4,7-8,17-18,22H2,1-2H3,(H,52,54)/t35-,36-,40?/m1/s1. The summed E-state index contributed by atoms with van der Waals surface area (Å²) < 4.78 is 69.0. The monoisotopic (exact) mass is 798 g/mol. The fourth-order valence-electron chi connectivity index (χ4n) is 7.20. The van der Waals surface area contributed by atoms with Crippen LogP contribution >= 0.6 is 11.8 Å². The average molecular weight is 799 g/mol. The van der Waals surface area contributed by atoms with Gasteiger partial charge in [-0.1, -0.05) is 30.3 Å². The number of anilines is 1. The second-order valence-electron chi connectivity index (χ2n) is 14.1. The maximum Gasteiger partial charge on any atom is 0.433 e. The molecule has 0 fully saturated rings. The third-order valence-corrected chi connectivity index (χ3v) is 11.5. The van der Waals surface area contributed by atoms with Gasteiger partial charge in [0.25, 0.3) is 5.56 Å². The smallest absolute Gasteiger partial charge is 0.433 e. The largest absolute Gasteiger partial charge is 0.494 e. The number of thioether (sulfide) groups is 1. The molecule has 4 aromatic heterocycles. The first-order valence-electron chi connectivity index (χ1n) is 18.4. The van der Waals surface area contributed by atoms with Gasteiger partial charge in [-0.2, -0.15) is 23.4 Å². The maximum atomic E-state index is 14.6. The van der Waals surface area contributed by atoms with Crippen LogP contribution in [0.25, 0.3) is 21.8 Å². The van der Waals surface area contributed by atoms with Crippen molar-refractivity contribution in [3.63, 3.8) is 0 Å². The first-order valence-corrected chi connectivity index (χ1v) is 19.4. The quantitative estimate of drug-likeness (QED) is 0.0561. The van der Waals surface area contributed by atoms with Gasteiger partial charge >= 0.3 is 6.18 Å². The highest BCUT2D eigenvalue weighted by atomic mass is 32.2. The molecule has 57 heavy (non-hydrogen) atoms. The van der Waals surface area contributed by atoms with Crippen LogP contribution in [0.4, 0.5) is 23.2 Å². The number of pyridine rings is 1. The third-order valence-electron chi connectivity index (χ3n) is 10.2. The Kier molecular flexibility index (Phi) is 10.5. The molecule has 0 saturated carbocycles. The zero-order valence-electron chi connectivity index (χ0n) is 30.9. The molecule has 0 aliphatic carbocycles. The molecule has 7 aromatic rings. The lowest BCUT2D eigenvalue weighted by molar-refractivity contribution is -0.140. The number of nitrogens with one attached hydrogen (secondary N) is 3. The molecular formula is C41H38F4N8O3S. The second-order valence-corrected chi connectivity index (χ2v) is 15.2. The van der Waals surface area contributed by atoms with E-state index in [0.717, 1.165) is 35.8 Å². The molecule has 0 radical (unpaired) electrons. The number of aromatic nitrogens is 7. The van der Waals surface area contributed by atoms with E-state index in [9.17, 15) is 22.4 Å². The van der Waals surface area contributed by atoms with Gasteiger partial charge < -0.3 is 19.8 Å². The Morgan fingerprint density at radius 1 is 0.947 bits per heavy atom. The van der Waals surface area contributed by atoms with Crippen molar-refractivity contribution < 1.29 is 27.0 Å². The van der Waals surface area contributed by atoms with Gasteiger partial charge in [-0.25, -0.2) is 19.5 Å². The van der Waals surface area contributed by atoms with Crippen LogP contribution in [-0.2, 0) is 23.6 Å². The Balaban J connectivity index is 0.893. The number of aryl methyl sites for hydroxylation is 1. The molecule has 16 heteroatoms. The Morgan fingerprint density at radius 3 is 2.49 bits per heavy atom. The number of unbranched alkanes of at least 4 members (excludes halogenated alkanes) is 2. The summed E-state index contributed by atoms with van der Waals surface area (Å²) in [5.41, 5.74) is 1.08. The molecular weight excluding hydrogens is 761 g/mol. The Labute approximate surface area is 328 Å². The van der Waals surface area contributed by atoms with Crippen molar-refractivity contribution in [3.05, 3.63) is 136 Å². The lowest BCUT2D eigenvalue weighted by Crippen LogP contribution is -2.30. The predicted octanol–water partition coefficient (Wildman–Crippen LogP) is 8.66. The van der Waals surface area contributed by atoms with Gasteiger partial charge in [0, 0.05) is 35.4 Å². The van der Waals surface area contributed by atoms with E-state index in [2.05, 4.69) is 35.6 Å². The van der Waals surface area contributed by atoms with E-state index in [0.29, 0.717) is 58.5 Å². The molecule has 3 atom stereocenters. The lowest BCUT2D eigenvalue weighted by Gasteiger charge is -2.33. The normalized spacial score (nSPS) is 16.5.